The third kappa shape index (κ3) is 3.27. The molecule has 9 heteroatoms. The molecule has 0 aromatic heterocycles. The van der Waals surface area contributed by atoms with E-state index in [1.165, 1.54) is 0 Å². The fourth-order valence-corrected chi connectivity index (χ4v) is 3.17. The Bertz CT molecular complexity index is 499. The van der Waals surface area contributed by atoms with Gasteiger partial charge in [0.05, 0.1) is 0 Å². The molecule has 3 fully saturated rings. The van der Waals surface area contributed by atoms with Crippen molar-refractivity contribution in [3.8, 4) is 0 Å². The topological polar surface area (TPSA) is 79.4 Å². The predicted octanol–water partition coefficient (Wildman–Crippen LogP) is -0.883. The average Bonchev–Trinajstić information content (AvgIpc) is 3.19. The molecule has 0 aliphatic carbocycles. The molecular formula is C14H24N6O3. The van der Waals surface area contributed by atoms with Gasteiger partial charge in [0.2, 0.25) is 0 Å². The molecular weight excluding hydrogens is 300 g/mol. The van der Waals surface area contributed by atoms with Crippen LogP contribution in [0.15, 0.2) is 0 Å². The summed E-state index contributed by atoms with van der Waals surface area (Å²) >= 11 is 0. The summed E-state index contributed by atoms with van der Waals surface area (Å²) in [4.78, 5) is 44.5. The highest BCUT2D eigenvalue weighted by Gasteiger charge is 2.31. The number of amides is 6. The molecule has 0 aromatic rings. The van der Waals surface area contributed by atoms with E-state index < -0.39 is 0 Å². The molecule has 0 bridgehead atoms. The van der Waals surface area contributed by atoms with Crippen LogP contribution in [0.2, 0.25) is 0 Å². The summed E-state index contributed by atoms with van der Waals surface area (Å²) in [7, 11) is 1.79. The van der Waals surface area contributed by atoms with Gasteiger partial charge >= 0.3 is 18.1 Å². The summed E-state index contributed by atoms with van der Waals surface area (Å²) < 4.78 is 0. The Kier molecular flexibility index (Phi) is 4.44. The second-order valence-corrected chi connectivity index (χ2v) is 6.17. The Morgan fingerprint density at radius 1 is 0.739 bits per heavy atom. The van der Waals surface area contributed by atoms with Gasteiger partial charge in [0.1, 0.15) is 0 Å². The van der Waals surface area contributed by atoms with Crippen molar-refractivity contribution in [3.63, 3.8) is 0 Å². The minimum absolute atomic E-state index is 0.00426. The summed E-state index contributed by atoms with van der Waals surface area (Å²) in [6.45, 7) is 6.50. The van der Waals surface area contributed by atoms with E-state index in [4.69, 9.17) is 0 Å². The highest BCUT2D eigenvalue weighted by atomic mass is 16.2. The normalized spacial score (nSPS) is 22.0. The zero-order chi connectivity index (χ0) is 16.4. The van der Waals surface area contributed by atoms with Crippen molar-refractivity contribution in [2.45, 2.75) is 0 Å². The van der Waals surface area contributed by atoms with E-state index in [1.807, 2.05) is 0 Å². The number of rotatable bonds is 6. The Balaban J connectivity index is 1.41. The van der Waals surface area contributed by atoms with Gasteiger partial charge in [-0.1, -0.05) is 0 Å². The molecule has 3 saturated heterocycles. The molecule has 23 heavy (non-hydrogen) atoms. The van der Waals surface area contributed by atoms with Crippen LogP contribution in [0.1, 0.15) is 0 Å². The van der Waals surface area contributed by atoms with Crippen molar-refractivity contribution >= 4 is 18.1 Å². The van der Waals surface area contributed by atoms with Crippen LogP contribution < -0.4 is 5.32 Å². The van der Waals surface area contributed by atoms with E-state index in [2.05, 4.69) is 5.32 Å². The van der Waals surface area contributed by atoms with Crippen LogP contribution in [0.3, 0.4) is 0 Å². The molecule has 6 amide bonds. The Morgan fingerprint density at radius 3 is 1.74 bits per heavy atom. The molecule has 0 saturated carbocycles. The minimum atomic E-state index is -0.0508. The number of nitrogens with one attached hydrogen (secondary N) is 1. The van der Waals surface area contributed by atoms with Gasteiger partial charge in [-0.15, -0.1) is 0 Å². The minimum Gasteiger partial charge on any atom is -0.336 e. The summed E-state index contributed by atoms with van der Waals surface area (Å²) in [5.74, 6) is 0. The molecule has 0 unspecified atom stereocenters. The fraction of sp³-hybridized carbons (Fsp3) is 0.786. The van der Waals surface area contributed by atoms with Gasteiger partial charge in [-0.25, -0.2) is 14.4 Å². The van der Waals surface area contributed by atoms with Gasteiger partial charge in [-0.05, 0) is 0 Å². The van der Waals surface area contributed by atoms with Crippen molar-refractivity contribution in [1.29, 1.82) is 0 Å². The van der Waals surface area contributed by atoms with Crippen LogP contribution in [-0.4, -0.2) is 115 Å². The van der Waals surface area contributed by atoms with E-state index in [0.29, 0.717) is 52.4 Å². The first kappa shape index (κ1) is 15.7. The largest absolute Gasteiger partial charge is 0.336 e. The lowest BCUT2D eigenvalue weighted by atomic mass is 10.5. The first-order valence-corrected chi connectivity index (χ1v) is 8.13. The van der Waals surface area contributed by atoms with Crippen LogP contribution in [0.5, 0.6) is 0 Å². The van der Waals surface area contributed by atoms with Crippen LogP contribution in [0.4, 0.5) is 14.4 Å². The molecule has 3 heterocycles. The monoisotopic (exact) mass is 324 g/mol. The van der Waals surface area contributed by atoms with Gasteiger partial charge in [-0.2, -0.15) is 0 Å². The molecule has 0 atom stereocenters. The molecule has 0 radical (unpaired) electrons. The maximum atomic E-state index is 12.4. The van der Waals surface area contributed by atoms with Gasteiger partial charge in [-0.3, -0.25) is 0 Å². The number of hydrogen-bond acceptors (Lipinski definition) is 3. The van der Waals surface area contributed by atoms with E-state index in [9.17, 15) is 14.4 Å². The summed E-state index contributed by atoms with van der Waals surface area (Å²) in [5, 5.41) is 2.76. The number of nitrogens with zero attached hydrogens (tertiary/aromatic N) is 5. The average molecular weight is 324 g/mol. The molecule has 0 aromatic carbocycles. The number of carbonyl (C=O) groups is 3. The third-order valence-electron chi connectivity index (χ3n) is 4.71. The number of carbonyl (C=O) groups excluding carboxylic acids is 3. The molecule has 1 N–H and O–H groups in total. The zero-order valence-corrected chi connectivity index (χ0v) is 13.5. The first-order valence-electron chi connectivity index (χ1n) is 8.13. The lowest BCUT2D eigenvalue weighted by Gasteiger charge is -2.23. The van der Waals surface area contributed by atoms with E-state index in [0.717, 1.165) is 13.1 Å². The van der Waals surface area contributed by atoms with Crippen molar-refractivity contribution in [2.24, 2.45) is 0 Å². The van der Waals surface area contributed by atoms with E-state index in [-0.39, 0.29) is 18.1 Å². The smallest absolute Gasteiger partial charge is 0.320 e. The van der Waals surface area contributed by atoms with Gasteiger partial charge in [0, 0.05) is 72.5 Å². The highest BCUT2D eigenvalue weighted by Crippen LogP contribution is 2.11. The first-order chi connectivity index (χ1) is 11.1. The summed E-state index contributed by atoms with van der Waals surface area (Å²) in [6, 6.07) is -0.0108. The third-order valence-corrected chi connectivity index (χ3v) is 4.71. The van der Waals surface area contributed by atoms with Crippen LogP contribution >= 0.6 is 0 Å². The second-order valence-electron chi connectivity index (χ2n) is 6.17. The van der Waals surface area contributed by atoms with Crippen molar-refractivity contribution < 1.29 is 14.4 Å². The number of likely N-dealkylation sites (N-methyl/N-ethyl adjacent to an activating group) is 1. The number of hydrogen-bond donors (Lipinski definition) is 1. The van der Waals surface area contributed by atoms with Gasteiger partial charge < -0.3 is 29.8 Å². The van der Waals surface area contributed by atoms with Crippen molar-refractivity contribution in [1.82, 2.24) is 29.8 Å². The number of urea groups is 3. The molecule has 3 aliphatic heterocycles. The van der Waals surface area contributed by atoms with Gasteiger partial charge in [0.25, 0.3) is 0 Å². The standard InChI is InChI=1S/C14H24N6O3/c1-16-4-5-18(13(16)22)8-9-20-11-10-19(14(20)23)7-6-17-3-2-15-12(17)21/h2-11H2,1H3,(H,15,21). The van der Waals surface area contributed by atoms with Crippen molar-refractivity contribution in [3.05, 3.63) is 0 Å². The Labute approximate surface area is 135 Å². The molecule has 0 spiro atoms. The van der Waals surface area contributed by atoms with Crippen LogP contribution in [0.25, 0.3) is 0 Å². The van der Waals surface area contributed by atoms with Crippen LogP contribution in [-0.2, 0) is 0 Å². The maximum absolute atomic E-state index is 12.4. The predicted molar refractivity (Wildman–Crippen MR) is 83.1 cm³/mol. The SMILES string of the molecule is CN1CCN(CCN2CCN(CCN3CCNC3=O)C2=O)C1=O. The van der Waals surface area contributed by atoms with Gasteiger partial charge in [0.15, 0.2) is 0 Å². The van der Waals surface area contributed by atoms with E-state index in [1.54, 1.807) is 31.5 Å². The zero-order valence-electron chi connectivity index (χ0n) is 13.5. The highest BCUT2D eigenvalue weighted by molar-refractivity contribution is 5.78. The van der Waals surface area contributed by atoms with Crippen molar-refractivity contribution in [2.75, 3.05) is 72.5 Å². The fourth-order valence-electron chi connectivity index (χ4n) is 3.17. The molecule has 3 aliphatic rings. The molecule has 3 rings (SSSR count). The quantitative estimate of drug-likeness (QED) is 0.689. The molecule has 9 nitrogen and oxygen atoms in total. The molecule has 128 valence electrons. The lowest BCUT2D eigenvalue weighted by Crippen LogP contribution is -2.41. The lowest BCUT2D eigenvalue weighted by molar-refractivity contribution is 0.176. The van der Waals surface area contributed by atoms with Crippen LogP contribution in [0, 0.1) is 0 Å². The second kappa shape index (κ2) is 6.51. The summed E-state index contributed by atoms with van der Waals surface area (Å²) in [6.07, 6.45) is 0. The Morgan fingerprint density at radius 2 is 1.26 bits per heavy atom. The van der Waals surface area contributed by atoms with E-state index >= 15 is 0 Å². The Hall–Kier alpha value is -2.19. The maximum Gasteiger partial charge on any atom is 0.320 e. The summed E-state index contributed by atoms with van der Waals surface area (Å²) in [5.41, 5.74) is 0.